The molecule has 1 aliphatic carbocycles. The lowest BCUT2D eigenvalue weighted by Gasteiger charge is -2.20. The molecule has 1 saturated carbocycles. The Labute approximate surface area is 125 Å². The topological polar surface area (TPSA) is 41.9 Å². The summed E-state index contributed by atoms with van der Waals surface area (Å²) >= 11 is 0. The molecule has 0 aromatic heterocycles. The monoisotopic (exact) mass is 286 g/mol. The molecule has 0 N–H and O–H groups in total. The Kier molecular flexibility index (Phi) is 4.53. The quantitative estimate of drug-likeness (QED) is 0.793. The lowest BCUT2D eigenvalue weighted by Crippen LogP contribution is -2.31. The molecule has 1 amide bonds. The molecule has 1 aliphatic heterocycles. The maximum atomic E-state index is 11.8. The Balaban J connectivity index is 1.63. The highest BCUT2D eigenvalue weighted by molar-refractivity contribution is 5.72. The second-order valence-corrected chi connectivity index (χ2v) is 5.93. The van der Waals surface area contributed by atoms with E-state index in [-0.39, 0.29) is 12.1 Å². The lowest BCUT2D eigenvalue weighted by atomic mass is 9.90. The fourth-order valence-electron chi connectivity index (χ4n) is 3.08. The predicted molar refractivity (Wildman–Crippen MR) is 82.2 cm³/mol. The minimum atomic E-state index is -0.317. The van der Waals surface area contributed by atoms with E-state index < -0.39 is 0 Å². The Hall–Kier alpha value is -1.84. The molecule has 0 unspecified atom stereocenters. The molecule has 2 fully saturated rings. The molecule has 4 heteroatoms. The highest BCUT2D eigenvalue weighted by Crippen LogP contribution is 2.23. The molecular formula is C17H22N2O2. The first-order chi connectivity index (χ1) is 10.3. The van der Waals surface area contributed by atoms with Crippen molar-refractivity contribution in [3.05, 3.63) is 35.9 Å². The first-order valence-corrected chi connectivity index (χ1v) is 7.87. The summed E-state index contributed by atoms with van der Waals surface area (Å²) in [5, 5.41) is 5.97. The molecule has 112 valence electrons. The fourth-order valence-corrected chi connectivity index (χ4v) is 3.08. The SMILES string of the molecule is O=C1OC[C@H](Cc2ccccc2)N1/N=C/C1CCCCC1. The van der Waals surface area contributed by atoms with Crippen molar-refractivity contribution in [2.45, 2.75) is 44.6 Å². The smallest absolute Gasteiger partial charge is 0.430 e. The number of carbonyl (C=O) groups is 1. The van der Waals surface area contributed by atoms with E-state index in [1.807, 2.05) is 24.4 Å². The molecule has 1 aromatic rings. The molecule has 4 nitrogen and oxygen atoms in total. The van der Waals surface area contributed by atoms with Crippen LogP contribution in [0.25, 0.3) is 0 Å². The number of hydrogen-bond acceptors (Lipinski definition) is 3. The number of rotatable bonds is 4. The first kappa shape index (κ1) is 14.1. The van der Waals surface area contributed by atoms with Gasteiger partial charge in [0.15, 0.2) is 0 Å². The van der Waals surface area contributed by atoms with Crippen LogP contribution >= 0.6 is 0 Å². The zero-order chi connectivity index (χ0) is 14.5. The summed E-state index contributed by atoms with van der Waals surface area (Å²) in [4.78, 5) is 11.8. The van der Waals surface area contributed by atoms with Crippen molar-refractivity contribution in [2.75, 3.05) is 6.61 Å². The third kappa shape index (κ3) is 3.63. The third-order valence-corrected chi connectivity index (χ3v) is 4.30. The Bertz CT molecular complexity index is 495. The largest absolute Gasteiger partial charge is 0.446 e. The van der Waals surface area contributed by atoms with Gasteiger partial charge in [0, 0.05) is 6.21 Å². The fraction of sp³-hybridized carbons (Fsp3) is 0.529. The first-order valence-electron chi connectivity index (χ1n) is 7.87. The van der Waals surface area contributed by atoms with Crippen molar-refractivity contribution >= 4 is 12.3 Å². The number of cyclic esters (lactones) is 1. The molecule has 1 saturated heterocycles. The summed E-state index contributed by atoms with van der Waals surface area (Å²) in [5.41, 5.74) is 1.21. The summed E-state index contributed by atoms with van der Waals surface area (Å²) in [7, 11) is 0. The second-order valence-electron chi connectivity index (χ2n) is 5.93. The number of benzene rings is 1. The van der Waals surface area contributed by atoms with Crippen LogP contribution in [0.1, 0.15) is 37.7 Å². The van der Waals surface area contributed by atoms with Crippen LogP contribution in [0.15, 0.2) is 35.4 Å². The molecule has 0 spiro atoms. The standard InChI is InChI=1S/C17H22N2O2/c20-17-19(18-12-15-9-5-2-6-10-15)16(13-21-17)11-14-7-3-1-4-8-14/h1,3-4,7-8,12,15-16H,2,5-6,9-11,13H2/b18-12+/t16-/m0/s1. The van der Waals surface area contributed by atoms with E-state index in [1.54, 1.807) is 0 Å². The molecular weight excluding hydrogens is 264 g/mol. The summed E-state index contributed by atoms with van der Waals surface area (Å²) in [6.07, 6.45) is 8.68. The normalized spacial score (nSPS) is 23.7. The van der Waals surface area contributed by atoms with Gasteiger partial charge in [-0.15, -0.1) is 0 Å². The summed E-state index contributed by atoms with van der Waals surface area (Å²) in [6, 6.07) is 10.2. The van der Waals surface area contributed by atoms with Gasteiger partial charge in [-0.3, -0.25) is 0 Å². The Morgan fingerprint density at radius 2 is 1.95 bits per heavy atom. The molecule has 1 heterocycles. The van der Waals surface area contributed by atoms with Gasteiger partial charge in [-0.2, -0.15) is 10.1 Å². The molecule has 2 aliphatic rings. The molecule has 21 heavy (non-hydrogen) atoms. The van der Waals surface area contributed by atoms with Gasteiger partial charge in [0.1, 0.15) is 6.61 Å². The number of hydrazone groups is 1. The van der Waals surface area contributed by atoms with Crippen LogP contribution in [0, 0.1) is 5.92 Å². The van der Waals surface area contributed by atoms with Crippen molar-refractivity contribution in [3.8, 4) is 0 Å². The van der Waals surface area contributed by atoms with Crippen molar-refractivity contribution in [2.24, 2.45) is 11.0 Å². The molecule has 0 bridgehead atoms. The van der Waals surface area contributed by atoms with E-state index in [2.05, 4.69) is 17.2 Å². The minimum absolute atomic E-state index is 0.0136. The highest BCUT2D eigenvalue weighted by Gasteiger charge is 2.33. The zero-order valence-electron chi connectivity index (χ0n) is 12.3. The van der Waals surface area contributed by atoms with E-state index in [0.29, 0.717) is 12.5 Å². The van der Waals surface area contributed by atoms with Gasteiger partial charge >= 0.3 is 6.09 Å². The van der Waals surface area contributed by atoms with Gasteiger partial charge in [0.25, 0.3) is 0 Å². The van der Waals surface area contributed by atoms with Crippen LogP contribution in [-0.2, 0) is 11.2 Å². The Morgan fingerprint density at radius 3 is 2.71 bits per heavy atom. The number of ether oxygens (including phenoxy) is 1. The van der Waals surface area contributed by atoms with Crippen LogP contribution in [0.2, 0.25) is 0 Å². The molecule has 0 radical (unpaired) electrons. The van der Waals surface area contributed by atoms with Crippen LogP contribution < -0.4 is 0 Å². The molecule has 3 rings (SSSR count). The van der Waals surface area contributed by atoms with E-state index in [4.69, 9.17) is 4.74 Å². The average molecular weight is 286 g/mol. The molecule has 1 atom stereocenters. The van der Waals surface area contributed by atoms with E-state index in [0.717, 1.165) is 6.42 Å². The maximum Gasteiger partial charge on any atom is 0.430 e. The molecule has 1 aromatic carbocycles. The summed E-state index contributed by atoms with van der Waals surface area (Å²) < 4.78 is 5.16. The van der Waals surface area contributed by atoms with Crippen molar-refractivity contribution in [1.82, 2.24) is 5.01 Å². The average Bonchev–Trinajstić information content (AvgIpc) is 2.87. The van der Waals surface area contributed by atoms with E-state index in [9.17, 15) is 4.79 Å². The van der Waals surface area contributed by atoms with Crippen LogP contribution in [0.3, 0.4) is 0 Å². The maximum absolute atomic E-state index is 11.8. The summed E-state index contributed by atoms with van der Waals surface area (Å²) in [5.74, 6) is 0.518. The summed E-state index contributed by atoms with van der Waals surface area (Å²) in [6.45, 7) is 0.426. The van der Waals surface area contributed by atoms with Crippen molar-refractivity contribution < 1.29 is 9.53 Å². The number of nitrogens with zero attached hydrogens (tertiary/aromatic N) is 2. The lowest BCUT2D eigenvalue weighted by molar-refractivity contribution is 0.158. The van der Waals surface area contributed by atoms with Gasteiger partial charge in [-0.05, 0) is 30.7 Å². The number of hydrogen-bond donors (Lipinski definition) is 0. The minimum Gasteiger partial charge on any atom is -0.446 e. The highest BCUT2D eigenvalue weighted by atomic mass is 16.6. The van der Waals surface area contributed by atoms with Gasteiger partial charge < -0.3 is 4.74 Å². The van der Waals surface area contributed by atoms with Crippen molar-refractivity contribution in [3.63, 3.8) is 0 Å². The Morgan fingerprint density at radius 1 is 1.19 bits per heavy atom. The van der Waals surface area contributed by atoms with E-state index in [1.165, 1.54) is 42.7 Å². The third-order valence-electron chi connectivity index (χ3n) is 4.30. The van der Waals surface area contributed by atoms with Gasteiger partial charge in [-0.25, -0.2) is 4.79 Å². The van der Waals surface area contributed by atoms with Crippen LogP contribution in [-0.4, -0.2) is 30.0 Å². The van der Waals surface area contributed by atoms with Crippen LogP contribution in [0.4, 0.5) is 4.79 Å². The van der Waals surface area contributed by atoms with Crippen LogP contribution in [0.5, 0.6) is 0 Å². The number of amides is 1. The van der Waals surface area contributed by atoms with Gasteiger partial charge in [-0.1, -0.05) is 49.6 Å². The second kappa shape index (κ2) is 6.74. The van der Waals surface area contributed by atoms with Crippen molar-refractivity contribution in [1.29, 1.82) is 0 Å². The predicted octanol–water partition coefficient (Wildman–Crippen LogP) is 3.62. The van der Waals surface area contributed by atoms with Gasteiger partial charge in [0.2, 0.25) is 0 Å². The number of carbonyl (C=O) groups excluding carboxylic acids is 1. The van der Waals surface area contributed by atoms with Gasteiger partial charge in [0.05, 0.1) is 6.04 Å². The zero-order valence-corrected chi connectivity index (χ0v) is 12.3. The van der Waals surface area contributed by atoms with E-state index >= 15 is 0 Å².